The molecule has 2 heteroatoms. The summed E-state index contributed by atoms with van der Waals surface area (Å²) >= 11 is 0. The Morgan fingerprint density at radius 2 is 1.83 bits per heavy atom. The molecule has 2 aliphatic rings. The standard InChI is InChI=1S/C16H32N2/c1-4-10-17-14-8-9-16(12-14)18(3)15-7-5-6-13(2)11-15/h13-17H,4-12H2,1-3H3. The smallest absolute Gasteiger partial charge is 0.0110 e. The van der Waals surface area contributed by atoms with Crippen LogP contribution in [-0.2, 0) is 0 Å². The maximum atomic E-state index is 3.70. The first-order valence-corrected chi connectivity index (χ1v) is 8.16. The highest BCUT2D eigenvalue weighted by atomic mass is 15.2. The Labute approximate surface area is 114 Å². The van der Waals surface area contributed by atoms with Crippen LogP contribution in [0.5, 0.6) is 0 Å². The van der Waals surface area contributed by atoms with E-state index in [4.69, 9.17) is 0 Å². The van der Waals surface area contributed by atoms with Crippen LogP contribution in [0.15, 0.2) is 0 Å². The fourth-order valence-corrected chi connectivity index (χ4v) is 3.93. The van der Waals surface area contributed by atoms with Gasteiger partial charge in [0.25, 0.3) is 0 Å². The molecule has 0 spiro atoms. The Balaban J connectivity index is 1.77. The van der Waals surface area contributed by atoms with E-state index in [1.807, 2.05) is 0 Å². The summed E-state index contributed by atoms with van der Waals surface area (Å²) in [4.78, 5) is 2.73. The first-order chi connectivity index (χ1) is 8.70. The average molecular weight is 252 g/mol. The number of rotatable bonds is 5. The number of nitrogens with zero attached hydrogens (tertiary/aromatic N) is 1. The van der Waals surface area contributed by atoms with E-state index in [1.54, 1.807) is 0 Å². The van der Waals surface area contributed by atoms with Crippen LogP contribution in [0.4, 0.5) is 0 Å². The summed E-state index contributed by atoms with van der Waals surface area (Å²) in [5.74, 6) is 0.946. The van der Waals surface area contributed by atoms with Gasteiger partial charge in [-0.3, -0.25) is 0 Å². The lowest BCUT2D eigenvalue weighted by Crippen LogP contribution is -2.42. The van der Waals surface area contributed by atoms with Gasteiger partial charge in [0.1, 0.15) is 0 Å². The molecule has 18 heavy (non-hydrogen) atoms. The van der Waals surface area contributed by atoms with Crippen LogP contribution in [0.25, 0.3) is 0 Å². The molecular formula is C16H32N2. The Kier molecular flexibility index (Phi) is 5.50. The lowest BCUT2D eigenvalue weighted by molar-refractivity contribution is 0.119. The van der Waals surface area contributed by atoms with Gasteiger partial charge in [0.2, 0.25) is 0 Å². The Morgan fingerprint density at radius 1 is 1.06 bits per heavy atom. The quantitative estimate of drug-likeness (QED) is 0.806. The Morgan fingerprint density at radius 3 is 2.56 bits per heavy atom. The summed E-state index contributed by atoms with van der Waals surface area (Å²) in [7, 11) is 2.38. The van der Waals surface area contributed by atoms with Crippen LogP contribution in [-0.4, -0.2) is 36.6 Å². The fraction of sp³-hybridized carbons (Fsp3) is 1.00. The normalized spacial score (nSPS) is 37.3. The van der Waals surface area contributed by atoms with E-state index >= 15 is 0 Å². The second-order valence-corrected chi connectivity index (χ2v) is 6.71. The van der Waals surface area contributed by atoms with E-state index in [9.17, 15) is 0 Å². The molecule has 2 nitrogen and oxygen atoms in total. The fourth-order valence-electron chi connectivity index (χ4n) is 3.93. The van der Waals surface area contributed by atoms with Gasteiger partial charge in [-0.1, -0.05) is 26.7 Å². The first-order valence-electron chi connectivity index (χ1n) is 8.16. The molecule has 0 heterocycles. The molecule has 4 unspecified atom stereocenters. The van der Waals surface area contributed by atoms with Crippen molar-refractivity contribution < 1.29 is 0 Å². The van der Waals surface area contributed by atoms with Crippen molar-refractivity contribution in [2.75, 3.05) is 13.6 Å². The van der Waals surface area contributed by atoms with Crippen molar-refractivity contribution in [3.63, 3.8) is 0 Å². The monoisotopic (exact) mass is 252 g/mol. The van der Waals surface area contributed by atoms with Crippen LogP contribution < -0.4 is 5.32 Å². The van der Waals surface area contributed by atoms with Crippen molar-refractivity contribution in [1.29, 1.82) is 0 Å². The summed E-state index contributed by atoms with van der Waals surface area (Å²) in [5.41, 5.74) is 0. The maximum Gasteiger partial charge on any atom is 0.0110 e. The Bertz CT molecular complexity index is 241. The van der Waals surface area contributed by atoms with Gasteiger partial charge in [0, 0.05) is 18.1 Å². The molecule has 0 radical (unpaired) electrons. The third-order valence-electron chi connectivity index (χ3n) is 5.15. The predicted molar refractivity (Wildman–Crippen MR) is 78.9 cm³/mol. The van der Waals surface area contributed by atoms with Crippen molar-refractivity contribution in [2.24, 2.45) is 5.92 Å². The summed E-state index contributed by atoms with van der Waals surface area (Å²) in [5, 5.41) is 3.70. The minimum absolute atomic E-state index is 0.790. The van der Waals surface area contributed by atoms with Crippen LogP contribution in [0.3, 0.4) is 0 Å². The molecule has 1 N–H and O–H groups in total. The topological polar surface area (TPSA) is 15.3 Å². The number of nitrogens with one attached hydrogen (secondary N) is 1. The lowest BCUT2D eigenvalue weighted by Gasteiger charge is -2.37. The lowest BCUT2D eigenvalue weighted by atomic mass is 9.86. The van der Waals surface area contributed by atoms with E-state index in [-0.39, 0.29) is 0 Å². The van der Waals surface area contributed by atoms with Gasteiger partial charge in [-0.25, -0.2) is 0 Å². The average Bonchev–Trinajstić information content (AvgIpc) is 2.84. The molecule has 0 bridgehead atoms. The van der Waals surface area contributed by atoms with Gasteiger partial charge in [-0.15, -0.1) is 0 Å². The van der Waals surface area contributed by atoms with E-state index in [2.05, 4.69) is 31.1 Å². The van der Waals surface area contributed by atoms with E-state index in [0.717, 1.165) is 24.0 Å². The molecule has 0 aromatic carbocycles. The van der Waals surface area contributed by atoms with Gasteiger partial charge in [-0.05, 0) is 58.0 Å². The van der Waals surface area contributed by atoms with E-state index in [1.165, 1.54) is 57.9 Å². The molecule has 2 aliphatic carbocycles. The zero-order chi connectivity index (χ0) is 13.0. The SMILES string of the molecule is CCCNC1CCC(N(C)C2CCCC(C)C2)C1. The third-order valence-corrected chi connectivity index (χ3v) is 5.15. The molecule has 0 aliphatic heterocycles. The van der Waals surface area contributed by atoms with E-state index in [0.29, 0.717) is 0 Å². The van der Waals surface area contributed by atoms with Crippen molar-refractivity contribution in [1.82, 2.24) is 10.2 Å². The van der Waals surface area contributed by atoms with Crippen LogP contribution in [0.1, 0.15) is 65.2 Å². The molecule has 4 atom stereocenters. The van der Waals surface area contributed by atoms with Crippen molar-refractivity contribution in [3.05, 3.63) is 0 Å². The van der Waals surface area contributed by atoms with Gasteiger partial charge in [0.15, 0.2) is 0 Å². The van der Waals surface area contributed by atoms with Crippen LogP contribution in [0.2, 0.25) is 0 Å². The van der Waals surface area contributed by atoms with Crippen LogP contribution in [0, 0.1) is 5.92 Å². The largest absolute Gasteiger partial charge is 0.314 e. The van der Waals surface area contributed by atoms with Gasteiger partial charge in [-0.2, -0.15) is 0 Å². The zero-order valence-corrected chi connectivity index (χ0v) is 12.6. The van der Waals surface area contributed by atoms with Gasteiger partial charge < -0.3 is 10.2 Å². The third kappa shape index (κ3) is 3.71. The second kappa shape index (κ2) is 6.91. The molecule has 2 saturated carbocycles. The molecule has 2 fully saturated rings. The Hall–Kier alpha value is -0.0800. The highest BCUT2D eigenvalue weighted by molar-refractivity contribution is 4.89. The first kappa shape index (κ1) is 14.3. The van der Waals surface area contributed by atoms with Crippen molar-refractivity contribution in [3.8, 4) is 0 Å². The number of hydrogen-bond donors (Lipinski definition) is 1. The summed E-state index contributed by atoms with van der Waals surface area (Å²) in [6.45, 7) is 5.89. The second-order valence-electron chi connectivity index (χ2n) is 6.71. The molecule has 0 saturated heterocycles. The number of hydrogen-bond acceptors (Lipinski definition) is 2. The molecular weight excluding hydrogens is 220 g/mol. The highest BCUT2D eigenvalue weighted by Gasteiger charge is 2.32. The van der Waals surface area contributed by atoms with Gasteiger partial charge in [0.05, 0.1) is 0 Å². The van der Waals surface area contributed by atoms with E-state index < -0.39 is 0 Å². The van der Waals surface area contributed by atoms with Crippen LogP contribution >= 0.6 is 0 Å². The predicted octanol–water partition coefficient (Wildman–Crippen LogP) is 3.42. The molecule has 106 valence electrons. The molecule has 0 amide bonds. The zero-order valence-electron chi connectivity index (χ0n) is 12.6. The molecule has 2 rings (SSSR count). The summed E-state index contributed by atoms with van der Waals surface area (Å²) in [6.07, 6.45) is 11.2. The van der Waals surface area contributed by atoms with Gasteiger partial charge >= 0.3 is 0 Å². The highest BCUT2D eigenvalue weighted by Crippen LogP contribution is 2.31. The summed E-state index contributed by atoms with van der Waals surface area (Å²) in [6, 6.07) is 2.50. The molecule has 0 aromatic heterocycles. The minimum atomic E-state index is 0.790. The minimum Gasteiger partial charge on any atom is -0.314 e. The molecule has 0 aromatic rings. The van der Waals surface area contributed by atoms with Crippen molar-refractivity contribution >= 4 is 0 Å². The van der Waals surface area contributed by atoms with Crippen molar-refractivity contribution in [2.45, 2.75) is 83.3 Å². The summed E-state index contributed by atoms with van der Waals surface area (Å²) < 4.78 is 0. The maximum absolute atomic E-state index is 3.70.